The van der Waals surface area contributed by atoms with Gasteiger partial charge in [0.25, 0.3) is 5.91 Å². The fourth-order valence-corrected chi connectivity index (χ4v) is 2.36. The number of hydrogen-bond donors (Lipinski definition) is 1. The Morgan fingerprint density at radius 2 is 2.41 bits per heavy atom. The van der Waals surface area contributed by atoms with Crippen LogP contribution >= 0.6 is 22.6 Å². The molecule has 1 amide bonds. The SMILES string of the molecule is O=C(NC[C@H]1CCCO1)c1cc(F)ccc1I. The Balaban J connectivity index is 1.96. The number of ether oxygens (including phenoxy) is 1. The van der Waals surface area contributed by atoms with Gasteiger partial charge in [0.15, 0.2) is 0 Å². The first-order valence-electron chi connectivity index (χ1n) is 5.51. The molecule has 0 spiro atoms. The molecule has 1 aliphatic rings. The molecule has 0 unspecified atom stereocenters. The van der Waals surface area contributed by atoms with E-state index >= 15 is 0 Å². The lowest BCUT2D eigenvalue weighted by Crippen LogP contribution is -2.32. The van der Waals surface area contributed by atoms with Crippen LogP contribution in [0.5, 0.6) is 0 Å². The zero-order chi connectivity index (χ0) is 12.3. The summed E-state index contributed by atoms with van der Waals surface area (Å²) in [6.07, 6.45) is 2.11. The molecule has 92 valence electrons. The van der Waals surface area contributed by atoms with Crippen LogP contribution in [0.15, 0.2) is 18.2 Å². The maximum absolute atomic E-state index is 13.0. The molecule has 1 atom stereocenters. The summed E-state index contributed by atoms with van der Waals surface area (Å²) < 4.78 is 19.2. The van der Waals surface area contributed by atoms with Gasteiger partial charge in [-0.05, 0) is 53.6 Å². The summed E-state index contributed by atoms with van der Waals surface area (Å²) >= 11 is 2.02. The van der Waals surface area contributed by atoms with Crippen molar-refractivity contribution in [2.75, 3.05) is 13.2 Å². The molecule has 17 heavy (non-hydrogen) atoms. The fourth-order valence-electron chi connectivity index (χ4n) is 1.78. The molecule has 3 nitrogen and oxygen atoms in total. The highest BCUT2D eigenvalue weighted by atomic mass is 127. The van der Waals surface area contributed by atoms with Gasteiger partial charge in [-0.1, -0.05) is 0 Å². The zero-order valence-electron chi connectivity index (χ0n) is 9.21. The predicted molar refractivity (Wildman–Crippen MR) is 70.4 cm³/mol. The van der Waals surface area contributed by atoms with Gasteiger partial charge in [-0.2, -0.15) is 0 Å². The number of amides is 1. The Bertz CT molecular complexity index is 419. The molecular formula is C12H13FINO2. The minimum Gasteiger partial charge on any atom is -0.376 e. The van der Waals surface area contributed by atoms with Crippen LogP contribution in [-0.2, 0) is 4.74 Å². The highest BCUT2D eigenvalue weighted by molar-refractivity contribution is 14.1. The zero-order valence-corrected chi connectivity index (χ0v) is 11.4. The topological polar surface area (TPSA) is 38.3 Å². The van der Waals surface area contributed by atoms with Crippen LogP contribution in [0, 0.1) is 9.39 Å². The molecule has 1 N–H and O–H groups in total. The normalized spacial score (nSPS) is 19.3. The van der Waals surface area contributed by atoms with Gasteiger partial charge in [0.05, 0.1) is 11.7 Å². The summed E-state index contributed by atoms with van der Waals surface area (Å²) in [5, 5.41) is 2.77. The first-order valence-corrected chi connectivity index (χ1v) is 6.59. The van der Waals surface area contributed by atoms with Crippen LogP contribution in [0.4, 0.5) is 4.39 Å². The van der Waals surface area contributed by atoms with Gasteiger partial charge < -0.3 is 10.1 Å². The molecule has 1 fully saturated rings. The molecule has 0 radical (unpaired) electrons. The number of benzene rings is 1. The molecule has 0 saturated carbocycles. The van der Waals surface area contributed by atoms with Gasteiger partial charge >= 0.3 is 0 Å². The van der Waals surface area contributed by atoms with Crippen molar-refractivity contribution in [3.8, 4) is 0 Å². The van der Waals surface area contributed by atoms with Gasteiger partial charge in [0.2, 0.25) is 0 Å². The van der Waals surface area contributed by atoms with E-state index in [4.69, 9.17) is 4.74 Å². The standard InChI is InChI=1S/C12H13FINO2/c13-8-3-4-11(14)10(6-8)12(16)15-7-9-2-1-5-17-9/h3-4,6,9H,1-2,5,7H2,(H,15,16)/t9-/m1/s1. The van der Waals surface area contributed by atoms with E-state index in [1.807, 2.05) is 22.6 Å². The maximum Gasteiger partial charge on any atom is 0.252 e. The van der Waals surface area contributed by atoms with Gasteiger partial charge in [-0.25, -0.2) is 4.39 Å². The van der Waals surface area contributed by atoms with E-state index in [1.165, 1.54) is 12.1 Å². The second-order valence-electron chi connectivity index (χ2n) is 3.97. The van der Waals surface area contributed by atoms with Crippen molar-refractivity contribution in [2.45, 2.75) is 18.9 Å². The number of carbonyl (C=O) groups is 1. The van der Waals surface area contributed by atoms with Crippen molar-refractivity contribution in [1.82, 2.24) is 5.32 Å². The van der Waals surface area contributed by atoms with Gasteiger partial charge in [-0.15, -0.1) is 0 Å². The number of carbonyl (C=O) groups excluding carboxylic acids is 1. The van der Waals surface area contributed by atoms with Crippen LogP contribution < -0.4 is 5.32 Å². The molecule has 1 aromatic carbocycles. The van der Waals surface area contributed by atoms with Crippen molar-refractivity contribution < 1.29 is 13.9 Å². The van der Waals surface area contributed by atoms with E-state index < -0.39 is 5.82 Å². The summed E-state index contributed by atoms with van der Waals surface area (Å²) in [5.41, 5.74) is 0.378. The van der Waals surface area contributed by atoms with Crippen molar-refractivity contribution >= 4 is 28.5 Å². The number of hydrogen-bond acceptors (Lipinski definition) is 2. The molecule has 5 heteroatoms. The molecule has 0 aromatic heterocycles. The summed E-state index contributed by atoms with van der Waals surface area (Å²) in [6, 6.07) is 4.20. The van der Waals surface area contributed by atoms with Crippen molar-refractivity contribution in [3.05, 3.63) is 33.1 Å². The highest BCUT2D eigenvalue weighted by Gasteiger charge is 2.17. The van der Waals surface area contributed by atoms with Crippen LogP contribution in [-0.4, -0.2) is 25.2 Å². The highest BCUT2D eigenvalue weighted by Crippen LogP contribution is 2.14. The smallest absolute Gasteiger partial charge is 0.252 e. The maximum atomic E-state index is 13.0. The molecule has 0 aliphatic carbocycles. The summed E-state index contributed by atoms with van der Waals surface area (Å²) in [5.74, 6) is -0.642. The Kier molecular flexibility index (Phi) is 4.33. The van der Waals surface area contributed by atoms with Crippen molar-refractivity contribution in [2.24, 2.45) is 0 Å². The average molecular weight is 349 g/mol. The van der Waals surface area contributed by atoms with E-state index in [0.717, 1.165) is 23.0 Å². The van der Waals surface area contributed by atoms with E-state index in [-0.39, 0.29) is 12.0 Å². The summed E-state index contributed by atoms with van der Waals surface area (Å²) in [4.78, 5) is 11.8. The second-order valence-corrected chi connectivity index (χ2v) is 5.13. The van der Waals surface area contributed by atoms with Crippen molar-refractivity contribution in [1.29, 1.82) is 0 Å². The van der Waals surface area contributed by atoms with Gasteiger partial charge in [-0.3, -0.25) is 4.79 Å². The van der Waals surface area contributed by atoms with E-state index in [1.54, 1.807) is 6.07 Å². The number of nitrogens with one attached hydrogen (secondary N) is 1. The third-order valence-corrected chi connectivity index (χ3v) is 3.63. The lowest BCUT2D eigenvalue weighted by atomic mass is 10.2. The molecule has 0 bridgehead atoms. The Morgan fingerprint density at radius 1 is 1.59 bits per heavy atom. The Hall–Kier alpha value is -0.690. The lowest BCUT2D eigenvalue weighted by molar-refractivity contribution is 0.0856. The van der Waals surface area contributed by atoms with Crippen molar-refractivity contribution in [3.63, 3.8) is 0 Å². The van der Waals surface area contributed by atoms with Crippen LogP contribution in [0.1, 0.15) is 23.2 Å². The predicted octanol–water partition coefficient (Wildman–Crippen LogP) is 2.34. The molecule has 1 aromatic rings. The summed E-state index contributed by atoms with van der Waals surface area (Å²) in [6.45, 7) is 1.25. The second kappa shape index (κ2) is 5.77. The van der Waals surface area contributed by atoms with Crippen LogP contribution in [0.3, 0.4) is 0 Å². The molecule has 1 heterocycles. The van der Waals surface area contributed by atoms with E-state index in [2.05, 4.69) is 5.32 Å². The van der Waals surface area contributed by atoms with E-state index in [0.29, 0.717) is 12.1 Å². The minimum absolute atomic E-state index is 0.102. The molecular weight excluding hydrogens is 336 g/mol. The number of rotatable bonds is 3. The summed E-state index contributed by atoms with van der Waals surface area (Å²) in [7, 11) is 0. The first kappa shape index (κ1) is 12.8. The van der Waals surface area contributed by atoms with Crippen LogP contribution in [0.25, 0.3) is 0 Å². The van der Waals surface area contributed by atoms with Crippen LogP contribution in [0.2, 0.25) is 0 Å². The Labute approximate surface area is 113 Å². The minimum atomic E-state index is -0.396. The Morgan fingerprint density at radius 3 is 3.12 bits per heavy atom. The average Bonchev–Trinajstić information content (AvgIpc) is 2.82. The lowest BCUT2D eigenvalue weighted by Gasteiger charge is -2.11. The van der Waals surface area contributed by atoms with E-state index in [9.17, 15) is 9.18 Å². The third-order valence-electron chi connectivity index (χ3n) is 2.69. The molecule has 2 rings (SSSR count). The third kappa shape index (κ3) is 3.38. The quantitative estimate of drug-likeness (QED) is 0.851. The van der Waals surface area contributed by atoms with Gasteiger partial charge in [0, 0.05) is 16.7 Å². The fraction of sp³-hybridized carbons (Fsp3) is 0.417. The molecule has 1 saturated heterocycles. The monoisotopic (exact) mass is 349 g/mol. The van der Waals surface area contributed by atoms with Gasteiger partial charge in [0.1, 0.15) is 5.82 Å². The molecule has 1 aliphatic heterocycles. The largest absolute Gasteiger partial charge is 0.376 e. The number of halogens is 2. The first-order chi connectivity index (χ1) is 8.16.